The van der Waals surface area contributed by atoms with Crippen LogP contribution in [0.25, 0.3) is 0 Å². The molecule has 6 heteroatoms. The van der Waals surface area contributed by atoms with E-state index in [0.717, 1.165) is 5.56 Å². The Morgan fingerprint density at radius 3 is 2.80 bits per heavy atom. The van der Waals surface area contributed by atoms with Crippen LogP contribution in [0.5, 0.6) is 0 Å². The van der Waals surface area contributed by atoms with Crippen LogP contribution < -0.4 is 10.6 Å². The number of rotatable bonds is 4. The van der Waals surface area contributed by atoms with Crippen molar-refractivity contribution >= 4 is 11.8 Å². The molecule has 0 saturated carbocycles. The first-order valence-electron chi connectivity index (χ1n) is 6.43. The number of halogens is 1. The summed E-state index contributed by atoms with van der Waals surface area (Å²) >= 11 is 0. The fourth-order valence-electron chi connectivity index (χ4n) is 2.32. The molecule has 0 aromatic heterocycles. The van der Waals surface area contributed by atoms with Gasteiger partial charge in [-0.05, 0) is 24.1 Å². The molecule has 108 valence electrons. The van der Waals surface area contributed by atoms with E-state index < -0.39 is 0 Å². The van der Waals surface area contributed by atoms with Crippen molar-refractivity contribution < 1.29 is 18.7 Å². The monoisotopic (exact) mass is 280 g/mol. The van der Waals surface area contributed by atoms with Crippen molar-refractivity contribution in [2.24, 2.45) is 0 Å². The van der Waals surface area contributed by atoms with Crippen LogP contribution in [0.2, 0.25) is 0 Å². The smallest absolute Gasteiger partial charge is 0.246 e. The van der Waals surface area contributed by atoms with Gasteiger partial charge in [0.15, 0.2) is 0 Å². The second kappa shape index (κ2) is 6.47. The Morgan fingerprint density at radius 1 is 1.45 bits per heavy atom. The highest BCUT2D eigenvalue weighted by Gasteiger charge is 2.30. The number of carbonyl (C=O) groups is 2. The minimum absolute atomic E-state index is 0.0272. The molecule has 0 unspecified atom stereocenters. The van der Waals surface area contributed by atoms with E-state index in [-0.39, 0.29) is 36.3 Å². The number of piperidine rings is 1. The molecule has 1 heterocycles. The largest absolute Gasteiger partial charge is 0.375 e. The molecule has 0 radical (unpaired) electrons. The van der Waals surface area contributed by atoms with E-state index in [2.05, 4.69) is 10.6 Å². The zero-order valence-electron chi connectivity index (χ0n) is 11.2. The van der Waals surface area contributed by atoms with Gasteiger partial charge >= 0.3 is 0 Å². The van der Waals surface area contributed by atoms with Gasteiger partial charge in [-0.1, -0.05) is 12.1 Å². The zero-order valence-corrected chi connectivity index (χ0v) is 11.2. The summed E-state index contributed by atoms with van der Waals surface area (Å²) in [7, 11) is 1.44. The second-order valence-electron chi connectivity index (χ2n) is 4.74. The number of amides is 2. The van der Waals surface area contributed by atoms with Gasteiger partial charge in [0, 0.05) is 13.5 Å². The summed E-state index contributed by atoms with van der Waals surface area (Å²) < 4.78 is 17.7. The molecule has 1 aliphatic rings. The quantitative estimate of drug-likeness (QED) is 0.861. The van der Waals surface area contributed by atoms with Crippen LogP contribution in [0.4, 0.5) is 4.39 Å². The lowest BCUT2D eigenvalue weighted by Gasteiger charge is -2.33. The molecule has 2 N–H and O–H groups in total. The molecular weight excluding hydrogens is 263 g/mol. The molecule has 5 nitrogen and oxygen atoms in total. The normalized spacial score (nSPS) is 22.2. The maximum atomic E-state index is 13.0. The lowest BCUT2D eigenvalue weighted by atomic mass is 9.92. The summed E-state index contributed by atoms with van der Waals surface area (Å²) in [6, 6.07) is 5.33. The average molecular weight is 280 g/mol. The fourth-order valence-corrected chi connectivity index (χ4v) is 2.32. The highest BCUT2D eigenvalue weighted by molar-refractivity contribution is 5.80. The Morgan fingerprint density at radius 2 is 2.15 bits per heavy atom. The average Bonchev–Trinajstić information content (AvgIpc) is 2.42. The molecular formula is C14H17FN2O3. The molecule has 2 rings (SSSR count). The van der Waals surface area contributed by atoms with Crippen molar-refractivity contribution in [1.29, 1.82) is 0 Å². The van der Waals surface area contributed by atoms with Gasteiger partial charge in [0.2, 0.25) is 11.8 Å². The summed E-state index contributed by atoms with van der Waals surface area (Å²) in [5.74, 6) is -0.645. The Hall–Kier alpha value is -1.95. The van der Waals surface area contributed by atoms with Crippen molar-refractivity contribution in [3.05, 3.63) is 35.6 Å². The molecule has 1 saturated heterocycles. The summed E-state index contributed by atoms with van der Waals surface area (Å²) in [6.45, 7) is -0.0272. The van der Waals surface area contributed by atoms with Crippen molar-refractivity contribution in [3.63, 3.8) is 0 Å². The van der Waals surface area contributed by atoms with E-state index >= 15 is 0 Å². The van der Waals surface area contributed by atoms with Crippen LogP contribution in [-0.4, -0.2) is 31.6 Å². The molecule has 2 amide bonds. The van der Waals surface area contributed by atoms with Crippen molar-refractivity contribution in [2.75, 3.05) is 13.7 Å². The number of benzene rings is 1. The standard InChI is InChI=1S/C14H17FN2O3/c1-20-8-13(19)16-11-6-7-12(18)17-14(11)9-2-4-10(15)5-3-9/h2-5,11,14H,6-8H2,1H3,(H,16,19)(H,17,18)/t11-,14-/m1/s1. The molecule has 0 spiro atoms. The van der Waals surface area contributed by atoms with Gasteiger partial charge in [-0.3, -0.25) is 9.59 Å². The topological polar surface area (TPSA) is 67.4 Å². The molecule has 0 aliphatic carbocycles. The van der Waals surface area contributed by atoms with Gasteiger partial charge in [0.1, 0.15) is 12.4 Å². The zero-order chi connectivity index (χ0) is 14.5. The van der Waals surface area contributed by atoms with Gasteiger partial charge in [0.25, 0.3) is 0 Å². The molecule has 1 fully saturated rings. The van der Waals surface area contributed by atoms with Crippen LogP contribution in [0.3, 0.4) is 0 Å². The third-order valence-electron chi connectivity index (χ3n) is 3.25. The van der Waals surface area contributed by atoms with Gasteiger partial charge in [-0.2, -0.15) is 0 Å². The molecule has 1 aliphatic heterocycles. The third-order valence-corrected chi connectivity index (χ3v) is 3.25. The number of hydrogen-bond donors (Lipinski definition) is 2. The minimum Gasteiger partial charge on any atom is -0.375 e. The maximum absolute atomic E-state index is 13.0. The first-order valence-corrected chi connectivity index (χ1v) is 6.43. The molecule has 20 heavy (non-hydrogen) atoms. The molecule has 2 atom stereocenters. The minimum atomic E-state index is -0.349. The lowest BCUT2D eigenvalue weighted by Crippen LogP contribution is -2.50. The fraction of sp³-hybridized carbons (Fsp3) is 0.429. The molecule has 1 aromatic carbocycles. The van der Waals surface area contributed by atoms with E-state index in [1.165, 1.54) is 19.2 Å². The SMILES string of the molecule is COCC(=O)N[C@@H]1CCC(=O)N[C@@H]1c1ccc(F)cc1. The number of carbonyl (C=O) groups excluding carboxylic acids is 2. The first-order chi connectivity index (χ1) is 9.60. The van der Waals surface area contributed by atoms with E-state index in [0.29, 0.717) is 12.8 Å². The van der Waals surface area contributed by atoms with Crippen molar-refractivity contribution in [2.45, 2.75) is 24.9 Å². The van der Waals surface area contributed by atoms with Crippen LogP contribution in [0.15, 0.2) is 24.3 Å². The Balaban J connectivity index is 2.13. The summed E-state index contributed by atoms with van der Waals surface area (Å²) in [6.07, 6.45) is 0.902. The van der Waals surface area contributed by atoms with E-state index in [9.17, 15) is 14.0 Å². The van der Waals surface area contributed by atoms with Gasteiger partial charge in [-0.25, -0.2) is 4.39 Å². The summed E-state index contributed by atoms with van der Waals surface area (Å²) in [4.78, 5) is 23.2. The molecule has 1 aromatic rings. The lowest BCUT2D eigenvalue weighted by molar-refractivity contribution is -0.129. The Labute approximate surface area is 116 Å². The Bertz CT molecular complexity index is 490. The Kier molecular flexibility index (Phi) is 4.68. The third kappa shape index (κ3) is 3.54. The number of nitrogens with one attached hydrogen (secondary N) is 2. The first kappa shape index (κ1) is 14.5. The highest BCUT2D eigenvalue weighted by Crippen LogP contribution is 2.24. The molecule has 0 bridgehead atoms. The highest BCUT2D eigenvalue weighted by atomic mass is 19.1. The van der Waals surface area contributed by atoms with Gasteiger partial charge < -0.3 is 15.4 Å². The van der Waals surface area contributed by atoms with Crippen molar-refractivity contribution in [3.8, 4) is 0 Å². The number of hydrogen-bond acceptors (Lipinski definition) is 3. The number of ether oxygens (including phenoxy) is 1. The van der Waals surface area contributed by atoms with E-state index in [1.807, 2.05) is 0 Å². The predicted octanol–water partition coefficient (Wildman–Crippen LogP) is 0.908. The van der Waals surface area contributed by atoms with Crippen LogP contribution in [-0.2, 0) is 14.3 Å². The van der Waals surface area contributed by atoms with Crippen LogP contribution in [0.1, 0.15) is 24.4 Å². The second-order valence-corrected chi connectivity index (χ2v) is 4.74. The number of methoxy groups -OCH3 is 1. The van der Waals surface area contributed by atoms with Gasteiger partial charge in [-0.15, -0.1) is 0 Å². The maximum Gasteiger partial charge on any atom is 0.246 e. The van der Waals surface area contributed by atoms with E-state index in [4.69, 9.17) is 4.74 Å². The summed E-state index contributed by atoms with van der Waals surface area (Å²) in [5, 5.41) is 5.66. The van der Waals surface area contributed by atoms with Crippen LogP contribution in [0, 0.1) is 5.82 Å². The van der Waals surface area contributed by atoms with E-state index in [1.54, 1.807) is 12.1 Å². The van der Waals surface area contributed by atoms with Crippen molar-refractivity contribution in [1.82, 2.24) is 10.6 Å². The van der Waals surface area contributed by atoms with Crippen LogP contribution >= 0.6 is 0 Å². The van der Waals surface area contributed by atoms with Gasteiger partial charge in [0.05, 0.1) is 12.1 Å². The summed E-state index contributed by atoms with van der Waals surface area (Å²) in [5.41, 5.74) is 0.766. The predicted molar refractivity (Wildman–Crippen MR) is 70.3 cm³/mol.